The van der Waals surface area contributed by atoms with Gasteiger partial charge in [-0.15, -0.1) is 0 Å². The van der Waals surface area contributed by atoms with Crippen molar-refractivity contribution in [1.29, 1.82) is 0 Å². The average Bonchev–Trinajstić information content (AvgIpc) is 3.36. The summed E-state index contributed by atoms with van der Waals surface area (Å²) in [6, 6.07) is 23.3. The van der Waals surface area contributed by atoms with Gasteiger partial charge in [0.05, 0.1) is 42.1 Å². The zero-order valence-corrected chi connectivity index (χ0v) is 31.1. The fraction of sp³-hybridized carbons (Fsp3) is 0.114. The second-order valence-electron chi connectivity index (χ2n) is 10.3. The Morgan fingerprint density at radius 2 is 1.77 bits per heavy atom. The molecule has 4 aromatic carbocycles. The van der Waals surface area contributed by atoms with Crippen molar-refractivity contribution in [1.82, 2.24) is 4.57 Å². The Kier molecular flexibility index (Phi) is 10.5. The first-order chi connectivity index (χ1) is 22.6. The lowest BCUT2D eigenvalue weighted by molar-refractivity contribution is -0.138. The largest absolute Gasteiger partial charge is 0.487 e. The van der Waals surface area contributed by atoms with Gasteiger partial charge in [-0.2, -0.15) is 0 Å². The normalized spacial score (nSPS) is 14.5. The smallest absolute Gasteiger partial charge is 0.338 e. The third-order valence-corrected chi connectivity index (χ3v) is 10.4. The van der Waals surface area contributed by atoms with Crippen LogP contribution in [-0.2, 0) is 16.1 Å². The second-order valence-corrected chi connectivity index (χ2v) is 14.6. The van der Waals surface area contributed by atoms with Crippen molar-refractivity contribution in [3.8, 4) is 5.75 Å². The average molecular weight is 911 g/mol. The zero-order chi connectivity index (χ0) is 33.2. The topological polar surface area (TPSA) is 69.9 Å². The highest BCUT2D eigenvalue weighted by molar-refractivity contribution is 14.1. The molecule has 0 spiro atoms. The number of carbonyl (C=O) groups excluding carboxylic acids is 1. The summed E-state index contributed by atoms with van der Waals surface area (Å²) in [6.45, 7) is 2.07. The molecule has 0 saturated carbocycles. The van der Waals surface area contributed by atoms with Crippen LogP contribution in [0.3, 0.4) is 0 Å². The van der Waals surface area contributed by atoms with Gasteiger partial charge in [0.1, 0.15) is 18.2 Å². The SMILES string of the molecule is CCOC(=O)C1=C(c2ccccc2)N=c2s/c(=C\c3cc(I)cc(I)c3OCc3ccc(Cl)c(Cl)c3)c(=O)n2[C@H]1c1ccc(F)cc1. The van der Waals surface area contributed by atoms with E-state index in [-0.39, 0.29) is 24.3 Å². The first-order valence-corrected chi connectivity index (χ1v) is 18.0. The fourth-order valence-corrected chi connectivity index (χ4v) is 8.52. The van der Waals surface area contributed by atoms with E-state index >= 15 is 0 Å². The van der Waals surface area contributed by atoms with Gasteiger partial charge < -0.3 is 9.47 Å². The quantitative estimate of drug-likeness (QED) is 0.117. The molecular weight excluding hydrogens is 888 g/mol. The predicted molar refractivity (Wildman–Crippen MR) is 200 cm³/mol. The van der Waals surface area contributed by atoms with Crippen LogP contribution in [0.25, 0.3) is 11.8 Å². The van der Waals surface area contributed by atoms with Gasteiger partial charge in [0.15, 0.2) is 4.80 Å². The molecular formula is C35H23Cl2FI2N2O4S. The van der Waals surface area contributed by atoms with Crippen LogP contribution in [0.15, 0.2) is 100 Å². The molecule has 0 fully saturated rings. The molecule has 0 N–H and O–H groups in total. The Morgan fingerprint density at radius 3 is 2.47 bits per heavy atom. The van der Waals surface area contributed by atoms with Crippen molar-refractivity contribution in [3.05, 3.63) is 155 Å². The molecule has 0 unspecified atom stereocenters. The van der Waals surface area contributed by atoms with Gasteiger partial charge in [-0.3, -0.25) is 9.36 Å². The van der Waals surface area contributed by atoms with Crippen LogP contribution in [0, 0.1) is 13.0 Å². The van der Waals surface area contributed by atoms with Gasteiger partial charge in [0.2, 0.25) is 0 Å². The summed E-state index contributed by atoms with van der Waals surface area (Å²) in [7, 11) is 0. The first kappa shape index (κ1) is 33.8. The maximum atomic E-state index is 14.3. The third kappa shape index (κ3) is 7.21. The van der Waals surface area contributed by atoms with Gasteiger partial charge in [-0.05, 0) is 106 Å². The number of fused-ring (bicyclic) bond motifs is 1. The summed E-state index contributed by atoms with van der Waals surface area (Å²) >= 11 is 17.9. The number of hydrogen-bond acceptors (Lipinski definition) is 6. The van der Waals surface area contributed by atoms with Gasteiger partial charge in [-0.1, -0.05) is 83.1 Å². The lowest BCUT2D eigenvalue weighted by Gasteiger charge is -2.25. The van der Waals surface area contributed by atoms with Crippen molar-refractivity contribution < 1.29 is 18.7 Å². The van der Waals surface area contributed by atoms with Crippen LogP contribution in [0.4, 0.5) is 4.39 Å². The molecule has 1 atom stereocenters. The molecule has 0 bridgehead atoms. The zero-order valence-electron chi connectivity index (χ0n) is 24.5. The van der Waals surface area contributed by atoms with Crippen LogP contribution in [0.5, 0.6) is 5.75 Å². The van der Waals surface area contributed by atoms with Crippen LogP contribution in [0.2, 0.25) is 10.0 Å². The van der Waals surface area contributed by atoms with E-state index in [2.05, 4.69) is 45.2 Å². The van der Waals surface area contributed by atoms with Gasteiger partial charge in [0.25, 0.3) is 5.56 Å². The number of benzene rings is 4. The Hall–Kier alpha value is -3.04. The minimum absolute atomic E-state index is 0.126. The number of esters is 1. The Morgan fingerprint density at radius 1 is 1.02 bits per heavy atom. The van der Waals surface area contributed by atoms with Gasteiger partial charge in [-0.25, -0.2) is 14.2 Å². The summed E-state index contributed by atoms with van der Waals surface area (Å²) in [5.41, 5.74) is 2.97. The number of nitrogens with zero attached hydrogens (tertiary/aromatic N) is 2. The van der Waals surface area contributed by atoms with Crippen LogP contribution in [0.1, 0.15) is 35.2 Å². The fourth-order valence-electron chi connectivity index (χ4n) is 5.17. The Labute approximate surface area is 310 Å². The highest BCUT2D eigenvalue weighted by Crippen LogP contribution is 2.36. The van der Waals surface area contributed by atoms with Gasteiger partial charge >= 0.3 is 5.97 Å². The summed E-state index contributed by atoms with van der Waals surface area (Å²) in [5, 5.41) is 0.884. The summed E-state index contributed by atoms with van der Waals surface area (Å²) < 4.78 is 29.6. The second kappa shape index (κ2) is 14.6. The summed E-state index contributed by atoms with van der Waals surface area (Å²) in [4.78, 5) is 33.2. The number of carbonyl (C=O) groups is 1. The van der Waals surface area contributed by atoms with Crippen LogP contribution >= 0.6 is 79.7 Å². The molecule has 6 rings (SSSR count). The molecule has 5 aromatic rings. The van der Waals surface area contributed by atoms with Gasteiger partial charge in [0, 0.05) is 14.7 Å². The van der Waals surface area contributed by atoms with Crippen molar-refractivity contribution >= 4 is 97.5 Å². The third-order valence-electron chi connectivity index (χ3n) is 7.25. The molecule has 2 heterocycles. The van der Waals surface area contributed by atoms with E-state index in [0.717, 1.165) is 12.7 Å². The lowest BCUT2D eigenvalue weighted by Crippen LogP contribution is -2.40. The number of thiazole rings is 1. The minimum atomic E-state index is -0.912. The molecule has 0 saturated heterocycles. The molecule has 12 heteroatoms. The Bertz CT molecular complexity index is 2220. The van der Waals surface area contributed by atoms with E-state index in [0.29, 0.717) is 47.5 Å². The molecule has 238 valence electrons. The van der Waals surface area contributed by atoms with Crippen molar-refractivity contribution in [2.75, 3.05) is 6.61 Å². The number of hydrogen-bond donors (Lipinski definition) is 0. The van der Waals surface area contributed by atoms with E-state index in [4.69, 9.17) is 37.7 Å². The standard InChI is InChI=1S/C35H23Cl2FI2N2O4S/c1-2-45-34(44)29-30(20-6-4-3-5-7-20)41-35-42(31(29)21-9-11-23(38)12-10-21)33(43)28(47-35)16-22-15-24(39)17-27(40)32(22)46-18-19-8-13-25(36)26(37)14-19/h3-17,31H,2,18H2,1H3/b28-16-/t31-/m0/s1. The maximum Gasteiger partial charge on any atom is 0.338 e. The number of aromatic nitrogens is 1. The predicted octanol–water partition coefficient (Wildman–Crippen LogP) is 8.17. The summed E-state index contributed by atoms with van der Waals surface area (Å²) in [5.74, 6) is -0.452. The minimum Gasteiger partial charge on any atom is -0.487 e. The molecule has 1 aliphatic rings. The molecule has 0 amide bonds. The van der Waals surface area contributed by atoms with E-state index in [1.807, 2.05) is 48.5 Å². The van der Waals surface area contributed by atoms with Crippen molar-refractivity contribution in [2.45, 2.75) is 19.6 Å². The number of rotatable bonds is 8. The molecule has 1 aromatic heterocycles. The van der Waals surface area contributed by atoms with E-state index in [9.17, 15) is 14.0 Å². The lowest BCUT2D eigenvalue weighted by atomic mass is 9.93. The molecule has 47 heavy (non-hydrogen) atoms. The van der Waals surface area contributed by atoms with Crippen molar-refractivity contribution in [2.24, 2.45) is 4.99 Å². The highest BCUT2D eigenvalue weighted by atomic mass is 127. The molecule has 6 nitrogen and oxygen atoms in total. The number of halogens is 5. The highest BCUT2D eigenvalue weighted by Gasteiger charge is 2.35. The molecule has 1 aliphatic heterocycles. The van der Waals surface area contributed by atoms with E-state index in [1.165, 1.54) is 28.0 Å². The first-order valence-electron chi connectivity index (χ1n) is 14.2. The van der Waals surface area contributed by atoms with Crippen LogP contribution in [-0.4, -0.2) is 17.1 Å². The maximum absolute atomic E-state index is 14.3. The van der Waals surface area contributed by atoms with E-state index < -0.39 is 17.8 Å². The van der Waals surface area contributed by atoms with E-state index in [1.54, 1.807) is 37.3 Å². The van der Waals surface area contributed by atoms with Crippen LogP contribution < -0.4 is 19.6 Å². The molecule has 0 aliphatic carbocycles. The summed E-state index contributed by atoms with van der Waals surface area (Å²) in [6.07, 6.45) is 1.77. The molecule has 0 radical (unpaired) electrons. The van der Waals surface area contributed by atoms with Crippen molar-refractivity contribution in [3.63, 3.8) is 0 Å². The monoisotopic (exact) mass is 910 g/mol. The Balaban J connectivity index is 1.54. The number of ether oxygens (including phenoxy) is 2.